The number of benzene rings is 2. The third-order valence-corrected chi connectivity index (χ3v) is 8.25. The first-order chi connectivity index (χ1) is 17.0. The van der Waals surface area contributed by atoms with Crippen LogP contribution in [0, 0.1) is 11.7 Å². The van der Waals surface area contributed by atoms with Crippen molar-refractivity contribution >= 4 is 46.6 Å². The maximum atomic E-state index is 14.7. The van der Waals surface area contributed by atoms with E-state index in [4.69, 9.17) is 28.9 Å². The van der Waals surface area contributed by atoms with Crippen LogP contribution in [-0.2, 0) is 11.2 Å². The second-order valence-electron chi connectivity index (χ2n) is 8.72. The number of amides is 1. The molecule has 0 spiro atoms. The lowest BCUT2D eigenvalue weighted by atomic mass is 9.70. The second-order valence-corrected chi connectivity index (χ2v) is 10.5. The highest BCUT2D eigenvalue weighted by Gasteiger charge is 2.39. The second kappa shape index (κ2) is 10.2. The topological polar surface area (TPSA) is 60.9 Å². The van der Waals surface area contributed by atoms with Crippen LogP contribution in [0.4, 0.5) is 8.78 Å². The minimum atomic E-state index is -0.822. The fourth-order valence-corrected chi connectivity index (χ4v) is 5.50. The first-order valence-corrected chi connectivity index (χ1v) is 12.8. The van der Waals surface area contributed by atoms with Gasteiger partial charge in [-0.1, -0.05) is 60.6 Å². The van der Waals surface area contributed by atoms with Crippen LogP contribution in [0.2, 0.25) is 10.0 Å². The largest absolute Gasteiger partial charge is 0.366 e. The number of halogens is 4. The molecule has 2 aromatic carbocycles. The number of imidazole rings is 1. The van der Waals surface area contributed by atoms with Gasteiger partial charge in [-0.05, 0) is 66.5 Å². The molecule has 0 saturated carbocycles. The summed E-state index contributed by atoms with van der Waals surface area (Å²) in [5, 5.41) is 1.41. The average molecular weight is 546 g/mol. The third kappa shape index (κ3) is 4.88. The van der Waals surface area contributed by atoms with Gasteiger partial charge in [0.25, 0.3) is 5.91 Å². The summed E-state index contributed by atoms with van der Waals surface area (Å²) >= 11 is 13.9. The van der Waals surface area contributed by atoms with Gasteiger partial charge in [0.1, 0.15) is 11.6 Å². The van der Waals surface area contributed by atoms with E-state index in [1.54, 1.807) is 36.5 Å². The molecular formula is C27H23Cl2F2N3OS. The number of nitrogens with two attached hydrogens (primary N) is 1. The van der Waals surface area contributed by atoms with E-state index in [-0.39, 0.29) is 17.3 Å². The van der Waals surface area contributed by atoms with Crippen LogP contribution in [0.3, 0.4) is 0 Å². The zero-order valence-corrected chi connectivity index (χ0v) is 21.9. The van der Waals surface area contributed by atoms with Crippen LogP contribution < -0.4 is 5.73 Å². The van der Waals surface area contributed by atoms with Crippen molar-refractivity contribution in [3.8, 4) is 0 Å². The van der Waals surface area contributed by atoms with E-state index in [1.807, 2.05) is 24.5 Å². The van der Waals surface area contributed by atoms with Gasteiger partial charge in [-0.25, -0.2) is 13.8 Å². The molecule has 9 heteroatoms. The molecule has 0 saturated heterocycles. The summed E-state index contributed by atoms with van der Waals surface area (Å²) in [5.41, 5.74) is 7.08. The van der Waals surface area contributed by atoms with Crippen molar-refractivity contribution in [2.75, 3.05) is 0 Å². The van der Waals surface area contributed by atoms with Crippen molar-refractivity contribution in [3.05, 3.63) is 111 Å². The molecule has 0 fully saturated rings. The lowest BCUT2D eigenvalue weighted by Crippen LogP contribution is -2.33. The molecule has 2 atom stereocenters. The van der Waals surface area contributed by atoms with Crippen LogP contribution in [0.5, 0.6) is 0 Å². The average Bonchev–Trinajstić information content (AvgIpc) is 3.27. The number of hydrogen-bond acceptors (Lipinski definition) is 3. The molecule has 2 unspecified atom stereocenters. The zero-order valence-electron chi connectivity index (χ0n) is 19.6. The van der Waals surface area contributed by atoms with Gasteiger partial charge in [0.15, 0.2) is 5.16 Å². The predicted molar refractivity (Wildman–Crippen MR) is 142 cm³/mol. The van der Waals surface area contributed by atoms with Gasteiger partial charge >= 0.3 is 0 Å². The van der Waals surface area contributed by atoms with Crippen molar-refractivity contribution in [2.45, 2.75) is 30.2 Å². The fourth-order valence-electron chi connectivity index (χ4n) is 4.25. The number of hydrogen-bond donors (Lipinski definition) is 1. The summed E-state index contributed by atoms with van der Waals surface area (Å²) in [5.74, 6) is -1.81. The van der Waals surface area contributed by atoms with Crippen LogP contribution in [0.15, 0.2) is 78.4 Å². The number of nitrogens with zero attached hydrogens (tertiary/aromatic N) is 2. The Hall–Kier alpha value is -2.87. The van der Waals surface area contributed by atoms with Crippen LogP contribution in [0.25, 0.3) is 5.70 Å². The Morgan fingerprint density at radius 2 is 1.94 bits per heavy atom. The summed E-state index contributed by atoms with van der Waals surface area (Å²) in [6, 6.07) is 9.68. The molecule has 0 aliphatic carbocycles. The van der Waals surface area contributed by atoms with Gasteiger partial charge < -0.3 is 5.73 Å². The van der Waals surface area contributed by atoms with Gasteiger partial charge in [-0.2, -0.15) is 0 Å². The summed E-state index contributed by atoms with van der Waals surface area (Å²) < 4.78 is 30.9. The van der Waals surface area contributed by atoms with E-state index in [0.717, 1.165) is 11.3 Å². The number of primary amides is 1. The number of thioether (sulfide) groups is 1. The normalized spacial score (nSPS) is 19.8. The molecule has 2 N–H and O–H groups in total. The first-order valence-electron chi connectivity index (χ1n) is 11.0. The minimum Gasteiger partial charge on any atom is -0.366 e. The summed E-state index contributed by atoms with van der Waals surface area (Å²) in [6.07, 6.45) is 6.27. The Morgan fingerprint density at radius 1 is 1.19 bits per heavy atom. The molecule has 1 aliphatic rings. The smallest absolute Gasteiger partial charge is 0.251 e. The van der Waals surface area contributed by atoms with Crippen molar-refractivity contribution < 1.29 is 13.6 Å². The number of allylic oxidation sites excluding steroid dienone is 5. The van der Waals surface area contributed by atoms with Crippen molar-refractivity contribution in [1.29, 1.82) is 0 Å². The molecule has 1 amide bonds. The number of carbonyl (C=O) groups is 1. The molecule has 36 heavy (non-hydrogen) atoms. The summed E-state index contributed by atoms with van der Waals surface area (Å²) in [6.45, 7) is 8.08. The molecule has 1 aliphatic heterocycles. The molecule has 0 bridgehead atoms. The number of fused-ring (bicyclic) bond motifs is 1. The molecule has 1 aromatic heterocycles. The molecule has 4 nitrogen and oxygen atoms in total. The minimum absolute atomic E-state index is 0.162. The van der Waals surface area contributed by atoms with E-state index in [2.05, 4.69) is 11.6 Å². The highest BCUT2D eigenvalue weighted by molar-refractivity contribution is 7.98. The maximum absolute atomic E-state index is 14.7. The van der Waals surface area contributed by atoms with E-state index in [1.165, 1.54) is 30.0 Å². The van der Waals surface area contributed by atoms with Crippen LogP contribution in [-0.4, -0.2) is 15.5 Å². The number of aromatic nitrogens is 2. The Balaban J connectivity index is 1.80. The Kier molecular flexibility index (Phi) is 7.46. The molecule has 186 valence electrons. The molecular weight excluding hydrogens is 523 g/mol. The van der Waals surface area contributed by atoms with Crippen molar-refractivity contribution in [3.63, 3.8) is 0 Å². The molecule has 3 aromatic rings. The van der Waals surface area contributed by atoms with Crippen LogP contribution >= 0.6 is 35.0 Å². The number of carbonyl (C=O) groups excluding carboxylic acids is 1. The standard InChI is InChI=1S/C27H23Cl2F2N3OS/c1-15-10-19(30)7-4-16(2)34-24(27(15,3)18-6-9-21(28)22(29)12-18)13-33-26(34)36-14-17-5-8-20(25(32)35)23(31)11-17/h4-13,15H,2,14H2,1,3H3,(H2,32,35). The van der Waals surface area contributed by atoms with Gasteiger partial charge in [0, 0.05) is 16.9 Å². The number of rotatable bonds is 5. The molecule has 4 rings (SSSR count). The predicted octanol–water partition coefficient (Wildman–Crippen LogP) is 7.56. The first kappa shape index (κ1) is 26.2. The lowest BCUT2D eigenvalue weighted by Gasteiger charge is -2.36. The zero-order chi connectivity index (χ0) is 26.2. The van der Waals surface area contributed by atoms with Gasteiger partial charge in [-0.3, -0.25) is 9.36 Å². The summed E-state index contributed by atoms with van der Waals surface area (Å²) in [4.78, 5) is 16.0. The Bertz CT molecular complexity index is 1430. The van der Waals surface area contributed by atoms with E-state index < -0.39 is 17.1 Å². The van der Waals surface area contributed by atoms with Crippen molar-refractivity contribution in [1.82, 2.24) is 9.55 Å². The van der Waals surface area contributed by atoms with E-state index in [0.29, 0.717) is 32.2 Å². The van der Waals surface area contributed by atoms with E-state index in [9.17, 15) is 13.6 Å². The van der Waals surface area contributed by atoms with Gasteiger partial charge in [0.2, 0.25) is 0 Å². The van der Waals surface area contributed by atoms with Crippen LogP contribution in [0.1, 0.15) is 41.0 Å². The Labute approximate surface area is 222 Å². The monoisotopic (exact) mass is 545 g/mol. The van der Waals surface area contributed by atoms with Gasteiger partial charge in [0.05, 0.1) is 27.5 Å². The van der Waals surface area contributed by atoms with Crippen molar-refractivity contribution in [2.24, 2.45) is 11.7 Å². The Morgan fingerprint density at radius 3 is 2.61 bits per heavy atom. The highest BCUT2D eigenvalue weighted by atomic mass is 35.5. The third-order valence-electron chi connectivity index (χ3n) is 6.49. The summed E-state index contributed by atoms with van der Waals surface area (Å²) in [7, 11) is 0. The lowest BCUT2D eigenvalue weighted by molar-refractivity contribution is 0.0996. The molecule has 0 radical (unpaired) electrons. The quantitative estimate of drug-likeness (QED) is 0.336. The fraction of sp³-hybridized carbons (Fsp3) is 0.185. The maximum Gasteiger partial charge on any atom is 0.251 e. The highest BCUT2D eigenvalue weighted by Crippen LogP contribution is 2.45. The molecule has 2 heterocycles. The van der Waals surface area contributed by atoms with Gasteiger partial charge in [-0.15, -0.1) is 0 Å². The SMILES string of the molecule is C=C1C=CC(F)=CC(C)C(C)(c2ccc(Cl)c(Cl)c2)c2cnc(SCc3ccc(C(N)=O)c(F)c3)n21. The van der Waals surface area contributed by atoms with E-state index >= 15 is 0 Å².